The normalized spacial score (nSPS) is 10.2. The van der Waals surface area contributed by atoms with Gasteiger partial charge in [-0.15, -0.1) is 0 Å². The summed E-state index contributed by atoms with van der Waals surface area (Å²) >= 11 is 0. The molecule has 0 saturated heterocycles. The molecule has 2 N–H and O–H groups in total. The molecule has 0 atom stereocenters. The third kappa shape index (κ3) is 3.74. The van der Waals surface area contributed by atoms with Crippen LogP contribution in [-0.2, 0) is 14.3 Å². The highest BCUT2D eigenvalue weighted by molar-refractivity contribution is 5.90. The lowest BCUT2D eigenvalue weighted by atomic mass is 10.1. The Morgan fingerprint density at radius 2 is 1.50 bits per heavy atom. The summed E-state index contributed by atoms with van der Waals surface area (Å²) in [5, 5.41) is 0. The molecule has 22 heavy (non-hydrogen) atoms. The highest BCUT2D eigenvalue weighted by Gasteiger charge is 2.29. The van der Waals surface area contributed by atoms with Gasteiger partial charge >= 0.3 is 11.9 Å². The number of carbonyl (C=O) groups excluding carboxylic acids is 2. The highest BCUT2D eigenvalue weighted by atomic mass is 19.2. The van der Waals surface area contributed by atoms with E-state index < -0.39 is 53.1 Å². The number of rotatable bonds is 6. The average molecular weight is 321 g/mol. The maximum Gasteiger partial charge on any atom is 0.344 e. The Bertz CT molecular complexity index is 590. The van der Waals surface area contributed by atoms with E-state index in [0.29, 0.717) is 0 Å². The monoisotopic (exact) mass is 321 g/mol. The molecule has 0 spiro atoms. The fraction of sp³-hybridized carbons (Fsp3) is 0.231. The Hall–Kier alpha value is -2.58. The third-order valence-corrected chi connectivity index (χ3v) is 2.43. The molecule has 1 aromatic rings. The molecule has 0 bridgehead atoms. The molecule has 0 amide bonds. The number of halogens is 4. The van der Waals surface area contributed by atoms with Gasteiger partial charge in [-0.2, -0.15) is 0 Å². The number of hydrogen-bond acceptors (Lipinski definition) is 5. The fourth-order valence-corrected chi connectivity index (χ4v) is 1.36. The van der Waals surface area contributed by atoms with Crippen molar-refractivity contribution in [3.8, 4) is 0 Å². The minimum absolute atomic E-state index is 0.00843. The smallest absolute Gasteiger partial charge is 0.344 e. The fourth-order valence-electron chi connectivity index (χ4n) is 1.36. The van der Waals surface area contributed by atoms with E-state index >= 15 is 0 Å². The number of carbonyl (C=O) groups is 2. The summed E-state index contributed by atoms with van der Waals surface area (Å²) in [4.78, 5) is 22.1. The van der Waals surface area contributed by atoms with E-state index in [1.54, 1.807) is 0 Å². The van der Waals surface area contributed by atoms with Gasteiger partial charge in [-0.1, -0.05) is 6.58 Å². The minimum atomic E-state index is -1.94. The zero-order valence-corrected chi connectivity index (χ0v) is 11.1. The summed E-state index contributed by atoms with van der Waals surface area (Å²) in [6.07, 6.45) is 0.922. The zero-order chi connectivity index (χ0) is 16.9. The van der Waals surface area contributed by atoms with Crippen LogP contribution in [0.4, 0.5) is 23.2 Å². The van der Waals surface area contributed by atoms with Crippen LogP contribution in [0, 0.1) is 23.3 Å². The number of nitrogens with two attached hydrogens (primary N) is 1. The first-order valence-corrected chi connectivity index (χ1v) is 5.89. The van der Waals surface area contributed by atoms with Gasteiger partial charge in [0.1, 0.15) is 11.3 Å². The van der Waals surface area contributed by atoms with E-state index in [2.05, 4.69) is 16.1 Å². The number of nitrogen functional groups attached to an aromatic ring is 1. The number of anilines is 1. The topological polar surface area (TPSA) is 78.6 Å². The van der Waals surface area contributed by atoms with Crippen molar-refractivity contribution < 1.29 is 36.6 Å². The SMILES string of the molecule is C=CC(=O)OCCCOC(=O)c1c(F)c(F)c(N)c(F)c1F. The largest absolute Gasteiger partial charge is 0.462 e. The number of ether oxygens (including phenoxy) is 2. The number of benzene rings is 1. The quantitative estimate of drug-likeness (QED) is 0.217. The van der Waals surface area contributed by atoms with E-state index in [1.165, 1.54) is 0 Å². The summed E-state index contributed by atoms with van der Waals surface area (Å²) in [5.41, 5.74) is 1.90. The molecule has 0 saturated carbocycles. The van der Waals surface area contributed by atoms with Crippen LogP contribution in [0.1, 0.15) is 16.8 Å². The minimum Gasteiger partial charge on any atom is -0.462 e. The van der Waals surface area contributed by atoms with Crippen molar-refractivity contribution in [1.82, 2.24) is 0 Å². The van der Waals surface area contributed by atoms with Gasteiger partial charge in [-0.25, -0.2) is 27.2 Å². The first-order chi connectivity index (χ1) is 10.3. The molecule has 5 nitrogen and oxygen atoms in total. The van der Waals surface area contributed by atoms with Gasteiger partial charge in [-0.3, -0.25) is 0 Å². The molecule has 1 aromatic carbocycles. The summed E-state index contributed by atoms with van der Waals surface area (Å²) in [6.45, 7) is 2.61. The van der Waals surface area contributed by atoms with Crippen LogP contribution < -0.4 is 5.73 Å². The average Bonchev–Trinajstić information content (AvgIpc) is 2.50. The van der Waals surface area contributed by atoms with E-state index in [1.807, 2.05) is 0 Å². The Kier molecular flexibility index (Phi) is 5.90. The van der Waals surface area contributed by atoms with Crippen molar-refractivity contribution in [2.45, 2.75) is 6.42 Å². The lowest BCUT2D eigenvalue weighted by molar-refractivity contribution is -0.137. The molecule has 0 aromatic heterocycles. The Balaban J connectivity index is 2.71. The molecule has 0 heterocycles. The number of esters is 2. The molecule has 0 unspecified atom stereocenters. The first-order valence-electron chi connectivity index (χ1n) is 5.89. The summed E-state index contributed by atoms with van der Waals surface area (Å²) < 4.78 is 62.2. The van der Waals surface area contributed by atoms with Gasteiger partial charge in [0.2, 0.25) is 0 Å². The predicted molar refractivity (Wildman–Crippen MR) is 66.7 cm³/mol. The highest BCUT2D eigenvalue weighted by Crippen LogP contribution is 2.26. The standard InChI is InChI=1S/C13H11F4NO4/c1-2-6(19)21-4-3-5-22-13(20)7-8(14)10(16)12(18)11(17)9(7)15/h2H,1,3-5,18H2. The molecule has 1 rings (SSSR count). The van der Waals surface area contributed by atoms with Crippen molar-refractivity contribution in [2.24, 2.45) is 0 Å². The summed E-state index contributed by atoms with van der Waals surface area (Å²) in [6, 6.07) is 0. The van der Waals surface area contributed by atoms with Gasteiger partial charge in [0.05, 0.1) is 13.2 Å². The predicted octanol–water partition coefficient (Wildman–Crippen LogP) is 2.10. The van der Waals surface area contributed by atoms with E-state index in [-0.39, 0.29) is 13.0 Å². The second kappa shape index (κ2) is 7.43. The van der Waals surface area contributed by atoms with Gasteiger partial charge in [0.15, 0.2) is 23.3 Å². The van der Waals surface area contributed by atoms with Crippen molar-refractivity contribution in [3.05, 3.63) is 41.5 Å². The van der Waals surface area contributed by atoms with Crippen LogP contribution in [0.25, 0.3) is 0 Å². The lowest BCUT2D eigenvalue weighted by Gasteiger charge is -2.09. The maximum atomic E-state index is 13.4. The molecule has 0 aliphatic rings. The van der Waals surface area contributed by atoms with Crippen LogP contribution in [0.5, 0.6) is 0 Å². The van der Waals surface area contributed by atoms with E-state index in [0.717, 1.165) is 6.08 Å². The van der Waals surface area contributed by atoms with E-state index in [9.17, 15) is 27.2 Å². The molecule has 9 heteroatoms. The molecular formula is C13H11F4NO4. The van der Waals surface area contributed by atoms with Crippen molar-refractivity contribution in [1.29, 1.82) is 0 Å². The summed E-state index contributed by atoms with van der Waals surface area (Å²) in [5.74, 6) is -9.97. The van der Waals surface area contributed by atoms with Crippen molar-refractivity contribution >= 4 is 17.6 Å². The van der Waals surface area contributed by atoms with Gasteiger partial charge in [0.25, 0.3) is 0 Å². The second-order valence-corrected chi connectivity index (χ2v) is 3.91. The van der Waals surface area contributed by atoms with Crippen LogP contribution in [-0.4, -0.2) is 25.2 Å². The second-order valence-electron chi connectivity index (χ2n) is 3.91. The van der Waals surface area contributed by atoms with Gasteiger partial charge in [0, 0.05) is 12.5 Å². The van der Waals surface area contributed by atoms with Crippen LogP contribution in [0.2, 0.25) is 0 Å². The Labute approximate surface area is 122 Å². The van der Waals surface area contributed by atoms with Gasteiger partial charge < -0.3 is 15.2 Å². The molecule has 120 valence electrons. The van der Waals surface area contributed by atoms with Gasteiger partial charge in [-0.05, 0) is 0 Å². The van der Waals surface area contributed by atoms with Crippen LogP contribution in [0.15, 0.2) is 12.7 Å². The van der Waals surface area contributed by atoms with Crippen LogP contribution in [0.3, 0.4) is 0 Å². The zero-order valence-electron chi connectivity index (χ0n) is 11.1. The third-order valence-electron chi connectivity index (χ3n) is 2.43. The van der Waals surface area contributed by atoms with Crippen molar-refractivity contribution in [3.63, 3.8) is 0 Å². The Morgan fingerprint density at radius 1 is 1.00 bits per heavy atom. The summed E-state index contributed by atoms with van der Waals surface area (Å²) in [7, 11) is 0. The maximum absolute atomic E-state index is 13.4. The lowest BCUT2D eigenvalue weighted by Crippen LogP contribution is -2.16. The molecule has 0 fully saturated rings. The first kappa shape index (κ1) is 17.5. The molecule has 0 aliphatic carbocycles. The van der Waals surface area contributed by atoms with Crippen LogP contribution >= 0.6 is 0 Å². The Morgan fingerprint density at radius 3 is 2.00 bits per heavy atom. The molecule has 0 aliphatic heterocycles. The van der Waals surface area contributed by atoms with Crippen molar-refractivity contribution in [2.75, 3.05) is 18.9 Å². The van der Waals surface area contributed by atoms with E-state index in [4.69, 9.17) is 5.73 Å². The molecular weight excluding hydrogens is 310 g/mol. The molecule has 0 radical (unpaired) electrons. The number of hydrogen-bond donors (Lipinski definition) is 1.